The largest absolute Gasteiger partial charge is 0.490 e. The molecule has 126 valence electrons. The molecule has 0 saturated heterocycles. The van der Waals surface area contributed by atoms with Crippen LogP contribution in [0.3, 0.4) is 0 Å². The van der Waals surface area contributed by atoms with Gasteiger partial charge in [-0.3, -0.25) is 0 Å². The van der Waals surface area contributed by atoms with Gasteiger partial charge in [-0.1, -0.05) is 25.0 Å². The van der Waals surface area contributed by atoms with Gasteiger partial charge in [-0.25, -0.2) is 0 Å². The van der Waals surface area contributed by atoms with Gasteiger partial charge < -0.3 is 9.47 Å². The Morgan fingerprint density at radius 2 is 1.91 bits per heavy atom. The Balaban J connectivity index is 1.39. The zero-order chi connectivity index (χ0) is 15.7. The summed E-state index contributed by atoms with van der Waals surface area (Å²) in [5, 5.41) is 0. The molecule has 2 aliphatic carbocycles. The molecule has 2 nitrogen and oxygen atoms in total. The molecule has 0 aromatic heterocycles. The van der Waals surface area contributed by atoms with Crippen molar-refractivity contribution in [1.82, 2.24) is 0 Å². The molecular weight excluding hydrogens is 284 g/mol. The van der Waals surface area contributed by atoms with Crippen LogP contribution in [-0.2, 0) is 4.74 Å². The van der Waals surface area contributed by atoms with Crippen molar-refractivity contribution in [3.8, 4) is 5.75 Å². The van der Waals surface area contributed by atoms with E-state index in [4.69, 9.17) is 9.47 Å². The van der Waals surface area contributed by atoms with Crippen molar-refractivity contribution in [3.63, 3.8) is 0 Å². The fourth-order valence-electron chi connectivity index (χ4n) is 3.79. The monoisotopic (exact) mass is 314 g/mol. The van der Waals surface area contributed by atoms with E-state index in [9.17, 15) is 0 Å². The number of ether oxygens (including phenoxy) is 2. The highest BCUT2D eigenvalue weighted by Crippen LogP contribution is 2.28. The summed E-state index contributed by atoms with van der Waals surface area (Å²) in [6, 6.07) is 11.0. The third-order valence-corrected chi connectivity index (χ3v) is 5.21. The first kappa shape index (κ1) is 16.8. The standard InChI is InChI=1S/C21H30O2/c1-2-5-11-19(10-4-1)22-17-18-9-8-14-21(16-15-18)23-20-12-6-3-7-13-20/h1,3,6,12-13,18-19,21H,2,4-5,8-11,14-17H2. The van der Waals surface area contributed by atoms with E-state index in [1.54, 1.807) is 0 Å². The molecule has 0 N–H and O–H groups in total. The molecule has 3 rings (SSSR count). The van der Waals surface area contributed by atoms with Crippen LogP contribution in [0.25, 0.3) is 0 Å². The molecule has 0 bridgehead atoms. The zero-order valence-electron chi connectivity index (χ0n) is 14.2. The highest BCUT2D eigenvalue weighted by molar-refractivity contribution is 5.20. The van der Waals surface area contributed by atoms with Crippen molar-refractivity contribution in [2.75, 3.05) is 6.61 Å². The third kappa shape index (κ3) is 5.84. The molecule has 0 aliphatic heterocycles. The van der Waals surface area contributed by atoms with Crippen LogP contribution >= 0.6 is 0 Å². The lowest BCUT2D eigenvalue weighted by atomic mass is 10.0. The molecule has 1 aromatic rings. The van der Waals surface area contributed by atoms with Crippen LogP contribution in [0.2, 0.25) is 0 Å². The molecule has 2 fully saturated rings. The molecule has 3 unspecified atom stereocenters. The summed E-state index contributed by atoms with van der Waals surface area (Å²) in [4.78, 5) is 0. The van der Waals surface area contributed by atoms with Crippen molar-refractivity contribution < 1.29 is 9.47 Å². The summed E-state index contributed by atoms with van der Waals surface area (Å²) in [7, 11) is 0. The fourth-order valence-corrected chi connectivity index (χ4v) is 3.79. The van der Waals surface area contributed by atoms with Gasteiger partial charge in [-0.15, -0.1) is 0 Å². The Morgan fingerprint density at radius 3 is 2.83 bits per heavy atom. The lowest BCUT2D eigenvalue weighted by Gasteiger charge is -2.20. The second-order valence-corrected chi connectivity index (χ2v) is 7.11. The van der Waals surface area contributed by atoms with Crippen LogP contribution in [0.1, 0.15) is 64.2 Å². The summed E-state index contributed by atoms with van der Waals surface area (Å²) in [6.45, 7) is 0.955. The minimum absolute atomic E-state index is 0.364. The molecule has 2 heteroatoms. The lowest BCUT2D eigenvalue weighted by molar-refractivity contribution is 0.0172. The predicted molar refractivity (Wildman–Crippen MR) is 93.4 cm³/mol. The van der Waals surface area contributed by atoms with Crippen LogP contribution in [0.5, 0.6) is 5.75 Å². The Kier molecular flexibility index (Phi) is 6.82. The van der Waals surface area contributed by atoms with E-state index >= 15 is 0 Å². The molecular formula is C21H30O2. The van der Waals surface area contributed by atoms with Crippen molar-refractivity contribution in [1.29, 1.82) is 0 Å². The number of benzene rings is 1. The molecule has 2 saturated carbocycles. The van der Waals surface area contributed by atoms with Gasteiger partial charge in [0.2, 0.25) is 0 Å². The van der Waals surface area contributed by atoms with Gasteiger partial charge in [0, 0.05) is 6.61 Å². The van der Waals surface area contributed by atoms with E-state index in [0.29, 0.717) is 12.2 Å². The Labute approximate surface area is 141 Å². The van der Waals surface area contributed by atoms with E-state index in [1.807, 2.05) is 24.3 Å². The Morgan fingerprint density at radius 1 is 0.957 bits per heavy atom. The molecule has 3 atom stereocenters. The summed E-state index contributed by atoms with van der Waals surface area (Å²) >= 11 is 0. The number of rotatable bonds is 5. The van der Waals surface area contributed by atoms with E-state index in [-0.39, 0.29) is 0 Å². The van der Waals surface area contributed by atoms with Crippen LogP contribution in [0, 0.1) is 18.4 Å². The smallest absolute Gasteiger partial charge is 0.120 e. The zero-order valence-corrected chi connectivity index (χ0v) is 14.2. The van der Waals surface area contributed by atoms with Gasteiger partial charge in [0.1, 0.15) is 5.75 Å². The van der Waals surface area contributed by atoms with Crippen molar-refractivity contribution >= 4 is 0 Å². The highest BCUT2D eigenvalue weighted by Gasteiger charge is 2.22. The molecule has 23 heavy (non-hydrogen) atoms. The highest BCUT2D eigenvalue weighted by atomic mass is 16.5. The van der Waals surface area contributed by atoms with Crippen molar-refractivity contribution in [2.24, 2.45) is 5.92 Å². The Hall–Kier alpha value is -1.02. The van der Waals surface area contributed by atoms with Crippen molar-refractivity contribution in [3.05, 3.63) is 36.8 Å². The van der Waals surface area contributed by atoms with E-state index in [1.165, 1.54) is 57.8 Å². The third-order valence-electron chi connectivity index (χ3n) is 5.21. The quantitative estimate of drug-likeness (QED) is 0.680. The maximum atomic E-state index is 6.25. The summed E-state index contributed by atoms with van der Waals surface area (Å²) in [5.41, 5.74) is 0. The minimum Gasteiger partial charge on any atom is -0.490 e. The first-order valence-corrected chi connectivity index (χ1v) is 9.46. The summed E-state index contributed by atoms with van der Waals surface area (Å²) in [5.74, 6) is 1.68. The van der Waals surface area contributed by atoms with Gasteiger partial charge in [0.05, 0.1) is 12.2 Å². The van der Waals surface area contributed by atoms with Crippen LogP contribution in [0.15, 0.2) is 24.3 Å². The average Bonchev–Trinajstić information content (AvgIpc) is 2.97. The molecule has 2 aliphatic rings. The Bertz CT molecular complexity index is 423. The van der Waals surface area contributed by atoms with Crippen molar-refractivity contribution in [2.45, 2.75) is 76.4 Å². The molecule has 0 heterocycles. The van der Waals surface area contributed by atoms with E-state index in [2.05, 4.69) is 12.5 Å². The second-order valence-electron chi connectivity index (χ2n) is 7.11. The molecule has 2 radical (unpaired) electrons. The number of hydrogen-bond donors (Lipinski definition) is 0. The summed E-state index contributed by atoms with van der Waals surface area (Å²) < 4.78 is 12.4. The molecule has 0 amide bonds. The van der Waals surface area contributed by atoms with Crippen LogP contribution < -0.4 is 4.74 Å². The fraction of sp³-hybridized carbons (Fsp3) is 0.667. The van der Waals surface area contributed by atoms with E-state index < -0.39 is 0 Å². The van der Waals surface area contributed by atoms with Gasteiger partial charge in [0.15, 0.2) is 0 Å². The lowest BCUT2D eigenvalue weighted by Crippen LogP contribution is -2.19. The average molecular weight is 314 g/mol. The maximum Gasteiger partial charge on any atom is 0.120 e. The number of hydrogen-bond acceptors (Lipinski definition) is 2. The minimum atomic E-state index is 0.364. The van der Waals surface area contributed by atoms with Gasteiger partial charge in [0.25, 0.3) is 0 Å². The normalized spacial score (nSPS) is 27.1. The first-order valence-electron chi connectivity index (χ1n) is 9.46. The maximum absolute atomic E-state index is 6.25. The predicted octanol–water partition coefficient (Wildman–Crippen LogP) is 5.37. The van der Waals surface area contributed by atoms with Crippen LogP contribution in [0.4, 0.5) is 0 Å². The topological polar surface area (TPSA) is 18.5 Å². The SMILES string of the molecule is [c]1cccc(OC2CCCC(COC3CC[CH]CCC3)CC2)c1. The molecule has 0 spiro atoms. The second kappa shape index (κ2) is 9.32. The van der Waals surface area contributed by atoms with E-state index in [0.717, 1.165) is 24.7 Å². The van der Waals surface area contributed by atoms with Gasteiger partial charge >= 0.3 is 0 Å². The van der Waals surface area contributed by atoms with Gasteiger partial charge in [-0.2, -0.15) is 0 Å². The first-order chi connectivity index (χ1) is 11.4. The van der Waals surface area contributed by atoms with Crippen LogP contribution in [-0.4, -0.2) is 18.8 Å². The summed E-state index contributed by atoms with van der Waals surface area (Å²) in [6.07, 6.45) is 15.7. The van der Waals surface area contributed by atoms with Gasteiger partial charge in [-0.05, 0) is 81.9 Å². The molecule has 1 aromatic carbocycles.